The van der Waals surface area contributed by atoms with E-state index in [0.717, 1.165) is 6.42 Å². The maximum absolute atomic E-state index is 12.2. The molecule has 1 heterocycles. The lowest BCUT2D eigenvalue weighted by Crippen LogP contribution is -2.33. The fraction of sp³-hybridized carbons (Fsp3) is 0.429. The van der Waals surface area contributed by atoms with E-state index in [1.54, 1.807) is 11.4 Å². The molecule has 0 aliphatic carbocycles. The molecule has 0 bridgehead atoms. The van der Waals surface area contributed by atoms with Gasteiger partial charge >= 0.3 is 0 Å². The molecule has 0 radical (unpaired) electrons. The largest absolute Gasteiger partial charge is 0.315 e. The van der Waals surface area contributed by atoms with Crippen molar-refractivity contribution in [2.45, 2.75) is 46.1 Å². The van der Waals surface area contributed by atoms with Crippen LogP contribution >= 0.6 is 11.3 Å². The normalized spacial score (nSPS) is 13.2. The molecule has 1 amide bonds. The van der Waals surface area contributed by atoms with Crippen LogP contribution in [-0.2, 0) is 4.79 Å². The number of thiophene rings is 1. The van der Waals surface area contributed by atoms with Crippen LogP contribution in [0.25, 0.3) is 0 Å². The smallest absolute Gasteiger partial charge is 0.238 e. The average Bonchev–Trinajstić information content (AvgIpc) is 3.08. The van der Waals surface area contributed by atoms with Crippen LogP contribution < -0.4 is 10.6 Å². The standard InChI is InChI=1S/C21H27N3OS/c1-5-15(4)16-6-8-17(9-7-16)20(14(2)3)23-13-19(25)24-21-18(12-22)10-11-26-21/h6-11,14-15,20,23H,5,13H2,1-4H3,(H,24,25)/t15-,20+/m1/s1. The number of rotatable bonds is 8. The third-order valence-corrected chi connectivity index (χ3v) is 5.49. The van der Waals surface area contributed by atoms with Crippen LogP contribution in [-0.4, -0.2) is 12.5 Å². The van der Waals surface area contributed by atoms with Gasteiger partial charge in [-0.25, -0.2) is 0 Å². The van der Waals surface area contributed by atoms with E-state index in [-0.39, 0.29) is 18.5 Å². The highest BCUT2D eigenvalue weighted by Gasteiger charge is 2.17. The minimum absolute atomic E-state index is 0.102. The van der Waals surface area contributed by atoms with Crippen molar-refractivity contribution in [3.8, 4) is 6.07 Å². The number of amides is 1. The molecule has 2 N–H and O–H groups in total. The molecule has 0 aliphatic heterocycles. The molecule has 5 heteroatoms. The van der Waals surface area contributed by atoms with Gasteiger partial charge in [-0.05, 0) is 40.8 Å². The first-order chi connectivity index (χ1) is 12.5. The van der Waals surface area contributed by atoms with E-state index in [1.807, 2.05) is 0 Å². The summed E-state index contributed by atoms with van der Waals surface area (Å²) in [5.74, 6) is 0.778. The molecule has 1 aromatic carbocycles. The second kappa shape index (κ2) is 9.51. The Kier molecular flexibility index (Phi) is 7.38. The Morgan fingerprint density at radius 1 is 1.15 bits per heavy atom. The summed E-state index contributed by atoms with van der Waals surface area (Å²) in [5.41, 5.74) is 3.04. The molecule has 1 aromatic heterocycles. The Morgan fingerprint density at radius 2 is 1.81 bits per heavy atom. The average molecular weight is 370 g/mol. The van der Waals surface area contributed by atoms with Crippen LogP contribution in [0.1, 0.15) is 62.8 Å². The molecule has 0 aliphatic rings. The number of carbonyl (C=O) groups is 1. The molecule has 0 fully saturated rings. The summed E-state index contributed by atoms with van der Waals surface area (Å²) in [6.45, 7) is 8.92. The third-order valence-electron chi connectivity index (χ3n) is 4.66. The minimum atomic E-state index is -0.133. The highest BCUT2D eigenvalue weighted by molar-refractivity contribution is 7.14. The van der Waals surface area contributed by atoms with E-state index in [1.165, 1.54) is 22.5 Å². The predicted octanol–water partition coefficient (Wildman–Crippen LogP) is 5.06. The number of nitrogens with zero attached hydrogens (tertiary/aromatic N) is 1. The van der Waals surface area contributed by atoms with Gasteiger partial charge < -0.3 is 10.6 Å². The highest BCUT2D eigenvalue weighted by Crippen LogP contribution is 2.25. The summed E-state index contributed by atoms with van der Waals surface area (Å²) < 4.78 is 0. The Balaban J connectivity index is 2.00. The van der Waals surface area contributed by atoms with Gasteiger partial charge in [0.1, 0.15) is 11.1 Å². The van der Waals surface area contributed by atoms with Crippen LogP contribution in [0.5, 0.6) is 0 Å². The van der Waals surface area contributed by atoms with E-state index < -0.39 is 0 Å². The number of hydrogen-bond acceptors (Lipinski definition) is 4. The molecular formula is C21H27N3OS. The minimum Gasteiger partial charge on any atom is -0.315 e. The summed E-state index contributed by atoms with van der Waals surface area (Å²) in [6, 6.07) is 12.6. The van der Waals surface area contributed by atoms with Gasteiger partial charge in [-0.3, -0.25) is 4.79 Å². The first-order valence-corrected chi connectivity index (χ1v) is 9.94. The van der Waals surface area contributed by atoms with Crippen LogP contribution in [0, 0.1) is 17.2 Å². The first-order valence-electron chi connectivity index (χ1n) is 9.06. The lowest BCUT2D eigenvalue weighted by Gasteiger charge is -2.23. The number of nitriles is 1. The third kappa shape index (κ3) is 5.17. The van der Waals surface area contributed by atoms with E-state index in [2.05, 4.69) is 68.7 Å². The van der Waals surface area contributed by atoms with E-state index >= 15 is 0 Å². The molecule has 0 unspecified atom stereocenters. The van der Waals surface area contributed by atoms with E-state index in [9.17, 15) is 4.79 Å². The fourth-order valence-corrected chi connectivity index (χ4v) is 3.63. The molecule has 2 rings (SSSR count). The van der Waals surface area contributed by atoms with Crippen molar-refractivity contribution in [1.29, 1.82) is 5.26 Å². The number of hydrogen-bond donors (Lipinski definition) is 2. The molecule has 0 saturated heterocycles. The second-order valence-electron chi connectivity index (χ2n) is 6.90. The Labute approximate surface area is 160 Å². The maximum Gasteiger partial charge on any atom is 0.238 e. The molecule has 4 nitrogen and oxygen atoms in total. The van der Waals surface area contributed by atoms with Crippen LogP contribution in [0.3, 0.4) is 0 Å². The van der Waals surface area contributed by atoms with Crippen LogP contribution in [0.2, 0.25) is 0 Å². The Morgan fingerprint density at radius 3 is 2.38 bits per heavy atom. The van der Waals surface area contributed by atoms with E-state index in [0.29, 0.717) is 22.4 Å². The van der Waals surface area contributed by atoms with Gasteiger partial charge in [0.2, 0.25) is 5.91 Å². The molecule has 2 aromatic rings. The molecule has 0 saturated carbocycles. The summed E-state index contributed by atoms with van der Waals surface area (Å²) in [4.78, 5) is 12.2. The van der Waals surface area contributed by atoms with Crippen LogP contribution in [0.15, 0.2) is 35.7 Å². The lowest BCUT2D eigenvalue weighted by atomic mass is 9.92. The number of benzene rings is 1. The zero-order valence-corrected chi connectivity index (χ0v) is 16.7. The van der Waals surface area contributed by atoms with Gasteiger partial charge in [0, 0.05) is 6.04 Å². The van der Waals surface area contributed by atoms with Gasteiger partial charge in [0.15, 0.2) is 0 Å². The maximum atomic E-state index is 12.2. The van der Waals surface area contributed by atoms with Crippen molar-refractivity contribution >= 4 is 22.2 Å². The monoisotopic (exact) mass is 369 g/mol. The fourth-order valence-electron chi connectivity index (χ4n) is 2.87. The van der Waals surface area contributed by atoms with Crippen molar-refractivity contribution < 1.29 is 4.79 Å². The number of nitrogens with one attached hydrogen (secondary N) is 2. The summed E-state index contributed by atoms with van der Waals surface area (Å²) in [6.07, 6.45) is 1.12. The Hall–Kier alpha value is -2.16. The molecule has 0 spiro atoms. The van der Waals surface area contributed by atoms with Crippen molar-refractivity contribution in [1.82, 2.24) is 5.32 Å². The lowest BCUT2D eigenvalue weighted by molar-refractivity contribution is -0.115. The van der Waals surface area contributed by atoms with Crippen molar-refractivity contribution in [2.24, 2.45) is 5.92 Å². The predicted molar refractivity (Wildman–Crippen MR) is 108 cm³/mol. The molecule has 138 valence electrons. The number of carbonyl (C=O) groups excluding carboxylic acids is 1. The van der Waals surface area contributed by atoms with Crippen LogP contribution in [0.4, 0.5) is 5.00 Å². The summed E-state index contributed by atoms with van der Waals surface area (Å²) in [7, 11) is 0. The van der Waals surface area contributed by atoms with Gasteiger partial charge in [0.25, 0.3) is 0 Å². The van der Waals surface area contributed by atoms with E-state index in [4.69, 9.17) is 5.26 Å². The van der Waals surface area contributed by atoms with Gasteiger partial charge in [-0.2, -0.15) is 5.26 Å². The van der Waals surface area contributed by atoms with Crippen molar-refractivity contribution in [3.05, 3.63) is 52.4 Å². The first kappa shape index (κ1) is 20.2. The zero-order valence-electron chi connectivity index (χ0n) is 15.9. The quantitative estimate of drug-likeness (QED) is 0.683. The topological polar surface area (TPSA) is 64.9 Å². The molecule has 26 heavy (non-hydrogen) atoms. The van der Waals surface area contributed by atoms with Crippen molar-refractivity contribution in [3.63, 3.8) is 0 Å². The summed E-state index contributed by atoms with van der Waals surface area (Å²) >= 11 is 1.36. The van der Waals surface area contributed by atoms with Gasteiger partial charge in [0.05, 0.1) is 12.1 Å². The highest BCUT2D eigenvalue weighted by atomic mass is 32.1. The van der Waals surface area contributed by atoms with Gasteiger partial charge in [-0.15, -0.1) is 11.3 Å². The SMILES string of the molecule is CC[C@@H](C)c1ccc([C@@H](NCC(=O)Nc2sccc2C#N)C(C)C)cc1. The zero-order chi connectivity index (χ0) is 19.1. The Bertz CT molecular complexity index is 758. The van der Waals surface area contributed by atoms with Crippen molar-refractivity contribution in [2.75, 3.05) is 11.9 Å². The molecular weight excluding hydrogens is 342 g/mol. The molecule has 2 atom stereocenters. The summed E-state index contributed by atoms with van der Waals surface area (Å²) in [5, 5.41) is 17.6. The second-order valence-corrected chi connectivity index (χ2v) is 7.82. The number of anilines is 1. The van der Waals surface area contributed by atoms with Gasteiger partial charge in [-0.1, -0.05) is 52.0 Å².